The van der Waals surface area contributed by atoms with Gasteiger partial charge in [0, 0.05) is 19.5 Å². The van der Waals surface area contributed by atoms with Gasteiger partial charge in [-0.3, -0.25) is 4.79 Å². The summed E-state index contributed by atoms with van der Waals surface area (Å²) >= 11 is 4.95. The van der Waals surface area contributed by atoms with Crippen LogP contribution in [0.5, 0.6) is 0 Å². The molecular weight excluding hydrogens is 256 g/mol. The molecule has 1 aromatic rings. The highest BCUT2D eigenvalue weighted by Crippen LogP contribution is 2.25. The Labute approximate surface area is 120 Å². The maximum absolute atomic E-state index is 12.6. The molecule has 0 heterocycles. The number of nitrogens with two attached hydrogens (primary N) is 1. The summed E-state index contributed by atoms with van der Waals surface area (Å²) in [6.07, 6.45) is 0. The summed E-state index contributed by atoms with van der Waals surface area (Å²) in [7, 11) is 1.79. The lowest BCUT2D eigenvalue weighted by molar-refractivity contribution is -0.135. The van der Waals surface area contributed by atoms with E-state index in [2.05, 4.69) is 0 Å². The zero-order valence-electron chi connectivity index (χ0n) is 12.0. The van der Waals surface area contributed by atoms with Gasteiger partial charge in [-0.25, -0.2) is 0 Å². The first-order valence-electron chi connectivity index (χ1n) is 6.37. The van der Waals surface area contributed by atoms with Crippen LogP contribution in [0.3, 0.4) is 0 Å². The molecule has 0 aromatic heterocycles. The lowest BCUT2D eigenvalue weighted by Crippen LogP contribution is -2.44. The molecule has 1 amide bonds. The van der Waals surface area contributed by atoms with E-state index in [0.29, 0.717) is 11.5 Å². The van der Waals surface area contributed by atoms with Crippen molar-refractivity contribution >= 4 is 23.1 Å². The quantitative estimate of drug-likeness (QED) is 0.841. The smallest absolute Gasteiger partial charge is 0.232 e. The Balaban J connectivity index is 2.84. The average molecular weight is 278 g/mol. The predicted molar refractivity (Wildman–Crippen MR) is 83.1 cm³/mol. The van der Waals surface area contributed by atoms with Gasteiger partial charge in [0.05, 0.1) is 10.4 Å². The van der Waals surface area contributed by atoms with Gasteiger partial charge in [-0.15, -0.1) is 0 Å². The number of hydrogen-bond acceptors (Lipinski definition) is 2. The Morgan fingerprint density at radius 2 is 1.89 bits per heavy atom. The van der Waals surface area contributed by atoms with Crippen molar-refractivity contribution in [2.75, 3.05) is 13.6 Å². The molecule has 0 saturated carbocycles. The van der Waals surface area contributed by atoms with Crippen molar-refractivity contribution in [3.63, 3.8) is 0 Å². The number of rotatable bonds is 5. The second kappa shape index (κ2) is 6.15. The third-order valence-corrected chi connectivity index (χ3v) is 3.81. The number of thiocarbonyl (C=S) groups is 1. The average Bonchev–Trinajstić information content (AvgIpc) is 2.38. The molecule has 3 nitrogen and oxygen atoms in total. The van der Waals surface area contributed by atoms with Gasteiger partial charge in [0.15, 0.2) is 0 Å². The normalized spacial score (nSPS) is 12.8. The van der Waals surface area contributed by atoms with Crippen molar-refractivity contribution in [2.24, 2.45) is 11.7 Å². The third kappa shape index (κ3) is 3.77. The van der Waals surface area contributed by atoms with E-state index in [1.54, 1.807) is 11.9 Å². The standard InChI is InChI=1S/C15H22N2OS/c1-11(13(16)19)10-17(4)14(18)15(2,3)12-8-6-5-7-9-12/h5-9,11H,10H2,1-4H3,(H2,16,19). The van der Waals surface area contributed by atoms with E-state index in [4.69, 9.17) is 18.0 Å². The minimum atomic E-state index is -0.550. The molecule has 0 aliphatic heterocycles. The van der Waals surface area contributed by atoms with Crippen molar-refractivity contribution in [1.29, 1.82) is 0 Å². The van der Waals surface area contributed by atoms with Gasteiger partial charge in [-0.1, -0.05) is 49.5 Å². The van der Waals surface area contributed by atoms with Gasteiger partial charge in [-0.2, -0.15) is 0 Å². The van der Waals surface area contributed by atoms with Crippen LogP contribution in [-0.4, -0.2) is 29.4 Å². The Hall–Kier alpha value is -1.42. The first kappa shape index (κ1) is 15.6. The fraction of sp³-hybridized carbons (Fsp3) is 0.467. The lowest BCUT2D eigenvalue weighted by Gasteiger charge is -2.31. The SMILES string of the molecule is CC(CN(C)C(=O)C(C)(C)c1ccccc1)C(N)=S. The van der Waals surface area contributed by atoms with Gasteiger partial charge in [0.2, 0.25) is 5.91 Å². The Morgan fingerprint density at radius 3 is 2.37 bits per heavy atom. The first-order valence-corrected chi connectivity index (χ1v) is 6.78. The highest BCUT2D eigenvalue weighted by Gasteiger charge is 2.32. The third-order valence-electron chi connectivity index (χ3n) is 3.41. The van der Waals surface area contributed by atoms with Crippen LogP contribution in [0.4, 0.5) is 0 Å². The molecule has 4 heteroatoms. The summed E-state index contributed by atoms with van der Waals surface area (Å²) in [4.78, 5) is 14.7. The molecule has 0 bridgehead atoms. The molecule has 1 aromatic carbocycles. The molecule has 1 rings (SSSR count). The monoisotopic (exact) mass is 278 g/mol. The van der Waals surface area contributed by atoms with Gasteiger partial charge in [0.25, 0.3) is 0 Å². The van der Waals surface area contributed by atoms with Gasteiger partial charge in [-0.05, 0) is 19.4 Å². The Kier molecular flexibility index (Phi) is 5.06. The predicted octanol–water partition coefficient (Wildman–Crippen LogP) is 2.34. The van der Waals surface area contributed by atoms with E-state index in [1.807, 2.05) is 51.1 Å². The van der Waals surface area contributed by atoms with Crippen molar-refractivity contribution < 1.29 is 4.79 Å². The van der Waals surface area contributed by atoms with Crippen molar-refractivity contribution in [2.45, 2.75) is 26.2 Å². The zero-order valence-corrected chi connectivity index (χ0v) is 12.8. The highest BCUT2D eigenvalue weighted by atomic mass is 32.1. The second-order valence-corrected chi connectivity index (χ2v) is 5.95. The minimum Gasteiger partial charge on any atom is -0.393 e. The number of benzene rings is 1. The molecule has 0 spiro atoms. The molecule has 2 N–H and O–H groups in total. The fourth-order valence-electron chi connectivity index (χ4n) is 2.04. The van der Waals surface area contributed by atoms with Crippen LogP contribution < -0.4 is 5.73 Å². The van der Waals surface area contributed by atoms with E-state index in [0.717, 1.165) is 5.56 Å². The summed E-state index contributed by atoms with van der Waals surface area (Å²) in [5.41, 5.74) is 6.06. The maximum atomic E-state index is 12.6. The molecule has 1 unspecified atom stereocenters. The topological polar surface area (TPSA) is 46.3 Å². The maximum Gasteiger partial charge on any atom is 0.232 e. The fourth-order valence-corrected chi connectivity index (χ4v) is 2.11. The van der Waals surface area contributed by atoms with Crippen LogP contribution in [-0.2, 0) is 10.2 Å². The number of carbonyl (C=O) groups is 1. The van der Waals surface area contributed by atoms with Crippen LogP contribution in [0, 0.1) is 5.92 Å². The van der Waals surface area contributed by atoms with Crippen LogP contribution in [0.2, 0.25) is 0 Å². The van der Waals surface area contributed by atoms with Crippen molar-refractivity contribution in [1.82, 2.24) is 4.90 Å². The van der Waals surface area contributed by atoms with E-state index >= 15 is 0 Å². The van der Waals surface area contributed by atoms with Crippen molar-refractivity contribution in [3.05, 3.63) is 35.9 Å². The lowest BCUT2D eigenvalue weighted by atomic mass is 9.83. The molecule has 104 valence electrons. The molecule has 0 saturated heterocycles. The van der Waals surface area contributed by atoms with E-state index in [-0.39, 0.29) is 11.8 Å². The highest BCUT2D eigenvalue weighted by molar-refractivity contribution is 7.80. The molecule has 19 heavy (non-hydrogen) atoms. The first-order chi connectivity index (χ1) is 8.76. The summed E-state index contributed by atoms with van der Waals surface area (Å²) in [6, 6.07) is 9.79. The van der Waals surface area contributed by atoms with E-state index in [9.17, 15) is 4.79 Å². The Morgan fingerprint density at radius 1 is 1.37 bits per heavy atom. The number of amides is 1. The van der Waals surface area contributed by atoms with E-state index in [1.165, 1.54) is 0 Å². The molecule has 0 fully saturated rings. The molecule has 0 aliphatic rings. The molecule has 0 radical (unpaired) electrons. The summed E-state index contributed by atoms with van der Waals surface area (Å²) in [6.45, 7) is 6.35. The zero-order chi connectivity index (χ0) is 14.6. The number of hydrogen-bond donors (Lipinski definition) is 1. The van der Waals surface area contributed by atoms with Gasteiger partial charge < -0.3 is 10.6 Å². The molecule has 1 atom stereocenters. The molecule has 0 aliphatic carbocycles. The van der Waals surface area contributed by atoms with Crippen molar-refractivity contribution in [3.8, 4) is 0 Å². The molecular formula is C15H22N2OS. The largest absolute Gasteiger partial charge is 0.393 e. The van der Waals surface area contributed by atoms with Crippen LogP contribution in [0.1, 0.15) is 26.3 Å². The summed E-state index contributed by atoms with van der Waals surface area (Å²) in [5.74, 6) is 0.0947. The van der Waals surface area contributed by atoms with Crippen LogP contribution in [0.25, 0.3) is 0 Å². The number of nitrogens with zero attached hydrogens (tertiary/aromatic N) is 1. The van der Waals surface area contributed by atoms with Crippen LogP contribution in [0.15, 0.2) is 30.3 Å². The Bertz CT molecular complexity index is 456. The summed E-state index contributed by atoms with van der Waals surface area (Å²) in [5, 5.41) is 0. The number of carbonyl (C=O) groups excluding carboxylic acids is 1. The van der Waals surface area contributed by atoms with Gasteiger partial charge in [0.1, 0.15) is 0 Å². The second-order valence-electron chi connectivity index (χ2n) is 5.48. The minimum absolute atomic E-state index is 0.0236. The summed E-state index contributed by atoms with van der Waals surface area (Å²) < 4.78 is 0. The van der Waals surface area contributed by atoms with E-state index < -0.39 is 5.41 Å². The van der Waals surface area contributed by atoms with Crippen LogP contribution >= 0.6 is 12.2 Å². The van der Waals surface area contributed by atoms with Gasteiger partial charge >= 0.3 is 0 Å². The number of likely N-dealkylation sites (N-methyl/N-ethyl adjacent to an activating group) is 1.